The quantitative estimate of drug-likeness (QED) is 0.833. The summed E-state index contributed by atoms with van der Waals surface area (Å²) in [5.41, 5.74) is 2.63. The van der Waals surface area contributed by atoms with Crippen LogP contribution < -0.4 is 4.90 Å². The van der Waals surface area contributed by atoms with Gasteiger partial charge in [-0.25, -0.2) is 4.98 Å². The average molecular weight is 251 g/mol. The monoisotopic (exact) mass is 251 g/mol. The first-order chi connectivity index (χ1) is 9.17. The van der Waals surface area contributed by atoms with E-state index < -0.39 is 0 Å². The van der Waals surface area contributed by atoms with Gasteiger partial charge >= 0.3 is 0 Å². The molecule has 0 amide bonds. The topological polar surface area (TPSA) is 68.6 Å². The second-order valence-electron chi connectivity index (χ2n) is 4.32. The van der Waals surface area contributed by atoms with Crippen LogP contribution in [0, 0.1) is 22.7 Å². The van der Waals surface area contributed by atoms with Crippen molar-refractivity contribution < 1.29 is 0 Å². The number of benzene rings is 1. The highest BCUT2D eigenvalue weighted by Gasteiger charge is 2.12. The lowest BCUT2D eigenvalue weighted by Gasteiger charge is -2.17. The van der Waals surface area contributed by atoms with Crippen LogP contribution >= 0.6 is 0 Å². The number of rotatable bonds is 3. The maximum atomic E-state index is 9.10. The van der Waals surface area contributed by atoms with Crippen LogP contribution in [-0.2, 0) is 6.54 Å². The number of hydrogen-bond donors (Lipinski definition) is 0. The number of hydrogen-bond acceptors (Lipinski definition) is 4. The first-order valence-electron chi connectivity index (χ1n) is 5.78. The molecular formula is C14H13N5. The van der Waals surface area contributed by atoms with Crippen molar-refractivity contribution in [2.45, 2.75) is 6.54 Å². The van der Waals surface area contributed by atoms with Gasteiger partial charge in [0, 0.05) is 19.8 Å². The van der Waals surface area contributed by atoms with Crippen LogP contribution in [-0.4, -0.2) is 23.6 Å². The molecule has 2 aromatic rings. The van der Waals surface area contributed by atoms with E-state index in [4.69, 9.17) is 10.5 Å². The third-order valence-electron chi connectivity index (χ3n) is 2.86. The fourth-order valence-electron chi connectivity index (χ4n) is 1.97. The number of aromatic nitrogens is 2. The van der Waals surface area contributed by atoms with E-state index in [-0.39, 0.29) is 5.69 Å². The zero-order chi connectivity index (χ0) is 13.8. The van der Waals surface area contributed by atoms with Crippen molar-refractivity contribution in [3.8, 4) is 12.1 Å². The molecule has 1 aromatic heterocycles. The Morgan fingerprint density at radius 2 is 1.95 bits per heavy atom. The number of nitriles is 2. The molecule has 2 rings (SSSR count). The molecule has 5 heteroatoms. The summed E-state index contributed by atoms with van der Waals surface area (Å²) < 4.78 is 1.70. The second-order valence-corrected chi connectivity index (χ2v) is 4.32. The van der Waals surface area contributed by atoms with E-state index >= 15 is 0 Å². The van der Waals surface area contributed by atoms with E-state index in [0.29, 0.717) is 12.2 Å². The molecular weight excluding hydrogens is 238 g/mol. The van der Waals surface area contributed by atoms with Gasteiger partial charge in [0.25, 0.3) is 0 Å². The molecule has 0 saturated heterocycles. The molecule has 0 unspecified atom stereocenters. The van der Waals surface area contributed by atoms with E-state index in [1.54, 1.807) is 4.57 Å². The Kier molecular flexibility index (Phi) is 3.49. The van der Waals surface area contributed by atoms with E-state index in [2.05, 4.69) is 4.98 Å². The normalized spacial score (nSPS) is 9.68. The average Bonchev–Trinajstić information content (AvgIpc) is 2.81. The molecule has 0 spiro atoms. The predicted molar refractivity (Wildman–Crippen MR) is 71.5 cm³/mol. The Morgan fingerprint density at radius 1 is 1.21 bits per heavy atom. The Balaban J connectivity index is 2.41. The Hall–Kier alpha value is -2.79. The molecule has 0 fully saturated rings. The summed E-state index contributed by atoms with van der Waals surface area (Å²) in [5.74, 6) is 0. The lowest BCUT2D eigenvalue weighted by molar-refractivity contribution is 0.783. The van der Waals surface area contributed by atoms with Gasteiger partial charge in [-0.1, -0.05) is 18.2 Å². The van der Waals surface area contributed by atoms with Gasteiger partial charge in [-0.15, -0.1) is 0 Å². The van der Waals surface area contributed by atoms with Gasteiger partial charge in [0.05, 0.1) is 12.9 Å². The van der Waals surface area contributed by atoms with Gasteiger partial charge in [-0.05, 0) is 11.6 Å². The SMILES string of the molecule is CN(C)c1ccccc1Cn1cnc(C#N)c1C#N. The maximum absolute atomic E-state index is 9.10. The highest BCUT2D eigenvalue weighted by atomic mass is 15.1. The number of nitrogens with zero attached hydrogens (tertiary/aromatic N) is 5. The van der Waals surface area contributed by atoms with E-state index in [1.165, 1.54) is 6.33 Å². The van der Waals surface area contributed by atoms with Gasteiger partial charge in [-0.2, -0.15) is 10.5 Å². The third-order valence-corrected chi connectivity index (χ3v) is 2.86. The van der Waals surface area contributed by atoms with Gasteiger partial charge in [0.15, 0.2) is 11.4 Å². The lowest BCUT2D eigenvalue weighted by atomic mass is 10.1. The minimum Gasteiger partial charge on any atom is -0.377 e. The smallest absolute Gasteiger partial charge is 0.176 e. The summed E-state index contributed by atoms with van der Waals surface area (Å²) in [6.45, 7) is 0.520. The lowest BCUT2D eigenvalue weighted by Crippen LogP contribution is -2.13. The zero-order valence-electron chi connectivity index (χ0n) is 10.8. The number of para-hydroxylation sites is 1. The van der Waals surface area contributed by atoms with Crippen molar-refractivity contribution >= 4 is 5.69 Å². The third kappa shape index (κ3) is 2.41. The first-order valence-corrected chi connectivity index (χ1v) is 5.78. The molecule has 5 nitrogen and oxygen atoms in total. The van der Waals surface area contributed by atoms with Crippen molar-refractivity contribution in [3.63, 3.8) is 0 Å². The van der Waals surface area contributed by atoms with Gasteiger partial charge in [-0.3, -0.25) is 0 Å². The summed E-state index contributed by atoms with van der Waals surface area (Å²) >= 11 is 0. The van der Waals surface area contributed by atoms with E-state index in [9.17, 15) is 0 Å². The molecule has 0 radical (unpaired) electrons. The molecule has 0 atom stereocenters. The van der Waals surface area contributed by atoms with Crippen LogP contribution in [0.3, 0.4) is 0 Å². The maximum Gasteiger partial charge on any atom is 0.176 e. The summed E-state index contributed by atoms with van der Waals surface area (Å²) in [5, 5.41) is 18.0. The summed E-state index contributed by atoms with van der Waals surface area (Å²) in [4.78, 5) is 5.96. The van der Waals surface area contributed by atoms with Crippen LogP contribution in [0.25, 0.3) is 0 Å². The molecule has 0 aliphatic carbocycles. The minimum absolute atomic E-state index is 0.171. The van der Waals surface area contributed by atoms with Crippen LogP contribution in [0.4, 0.5) is 5.69 Å². The molecule has 0 aliphatic heterocycles. The molecule has 0 saturated carbocycles. The minimum atomic E-state index is 0.171. The molecule has 0 aliphatic rings. The van der Waals surface area contributed by atoms with Crippen molar-refractivity contribution in [2.75, 3.05) is 19.0 Å². The zero-order valence-corrected chi connectivity index (χ0v) is 10.8. The van der Waals surface area contributed by atoms with Crippen molar-refractivity contribution in [1.29, 1.82) is 10.5 Å². The highest BCUT2D eigenvalue weighted by molar-refractivity contribution is 5.52. The fraction of sp³-hybridized carbons (Fsp3) is 0.214. The largest absolute Gasteiger partial charge is 0.377 e. The summed E-state index contributed by atoms with van der Waals surface area (Å²) in [7, 11) is 3.94. The Labute approximate surface area is 111 Å². The van der Waals surface area contributed by atoms with Crippen LogP contribution in [0.1, 0.15) is 17.0 Å². The fourth-order valence-corrected chi connectivity index (χ4v) is 1.97. The van der Waals surface area contributed by atoms with Crippen molar-refractivity contribution in [2.24, 2.45) is 0 Å². The Morgan fingerprint density at radius 3 is 2.58 bits per heavy atom. The van der Waals surface area contributed by atoms with Crippen LogP contribution in [0.5, 0.6) is 0 Å². The van der Waals surface area contributed by atoms with Crippen LogP contribution in [0.2, 0.25) is 0 Å². The van der Waals surface area contributed by atoms with Crippen molar-refractivity contribution in [1.82, 2.24) is 9.55 Å². The van der Waals surface area contributed by atoms with Crippen molar-refractivity contribution in [3.05, 3.63) is 47.5 Å². The molecule has 0 bridgehead atoms. The molecule has 19 heavy (non-hydrogen) atoms. The summed E-state index contributed by atoms with van der Waals surface area (Å²) in [6, 6.07) is 11.9. The van der Waals surface area contributed by atoms with Crippen LogP contribution in [0.15, 0.2) is 30.6 Å². The predicted octanol–water partition coefficient (Wildman–Crippen LogP) is 1.74. The summed E-state index contributed by atoms with van der Waals surface area (Å²) in [6.07, 6.45) is 1.53. The number of imidazole rings is 1. The standard InChI is InChI=1S/C14H13N5/c1-18(2)13-6-4-3-5-11(13)9-19-10-17-12(7-15)14(19)8-16/h3-6,10H,9H2,1-2H3. The number of anilines is 1. The Bertz CT molecular complexity index is 670. The highest BCUT2D eigenvalue weighted by Crippen LogP contribution is 2.20. The van der Waals surface area contributed by atoms with E-state index in [0.717, 1.165) is 11.3 Å². The second kappa shape index (κ2) is 5.24. The molecule has 94 valence electrons. The molecule has 1 heterocycles. The molecule has 0 N–H and O–H groups in total. The first kappa shape index (κ1) is 12.7. The van der Waals surface area contributed by atoms with Gasteiger partial charge < -0.3 is 9.47 Å². The van der Waals surface area contributed by atoms with Gasteiger partial charge in [0.1, 0.15) is 12.1 Å². The van der Waals surface area contributed by atoms with E-state index in [1.807, 2.05) is 55.4 Å². The molecule has 1 aromatic carbocycles. The van der Waals surface area contributed by atoms with Gasteiger partial charge in [0.2, 0.25) is 0 Å².